The summed E-state index contributed by atoms with van der Waals surface area (Å²) in [6.45, 7) is 2.12. The van der Waals surface area contributed by atoms with E-state index in [1.165, 1.54) is 0 Å². The molecule has 2 rings (SSSR count). The van der Waals surface area contributed by atoms with Crippen molar-refractivity contribution in [2.75, 3.05) is 12.4 Å². The Morgan fingerprint density at radius 1 is 1.45 bits per heavy atom. The van der Waals surface area contributed by atoms with Crippen LogP contribution in [-0.2, 0) is 6.54 Å². The number of carbonyl (C=O) groups is 1. The fourth-order valence-corrected chi connectivity index (χ4v) is 2.35. The zero-order valence-corrected chi connectivity index (χ0v) is 12.7. The summed E-state index contributed by atoms with van der Waals surface area (Å²) in [6.07, 6.45) is 0. The number of hydrogen-bond acceptors (Lipinski definition) is 4. The third-order valence-corrected chi connectivity index (χ3v) is 3.40. The van der Waals surface area contributed by atoms with E-state index in [1.54, 1.807) is 20.1 Å². The van der Waals surface area contributed by atoms with E-state index >= 15 is 0 Å². The highest BCUT2D eigenvalue weighted by molar-refractivity contribution is 9.10. The highest BCUT2D eigenvalue weighted by Gasteiger charge is 2.14. The van der Waals surface area contributed by atoms with Crippen LogP contribution in [0.25, 0.3) is 0 Å². The predicted octanol–water partition coefficient (Wildman–Crippen LogP) is 3.67. The number of aromatic carboxylic acids is 1. The minimum absolute atomic E-state index is 0.0160. The van der Waals surface area contributed by atoms with Crippen molar-refractivity contribution < 1.29 is 19.1 Å². The second kappa shape index (κ2) is 6.00. The number of aryl methyl sites for hydroxylation is 1. The average Bonchev–Trinajstić information content (AvgIpc) is 2.78. The van der Waals surface area contributed by atoms with Crippen LogP contribution in [0.4, 0.5) is 5.69 Å². The Balaban J connectivity index is 2.07. The number of halogens is 1. The van der Waals surface area contributed by atoms with Crippen molar-refractivity contribution in [1.29, 1.82) is 0 Å². The lowest BCUT2D eigenvalue weighted by Gasteiger charge is -2.07. The zero-order valence-electron chi connectivity index (χ0n) is 11.1. The molecule has 0 amide bonds. The summed E-state index contributed by atoms with van der Waals surface area (Å²) in [5.41, 5.74) is 1.49. The van der Waals surface area contributed by atoms with E-state index in [1.807, 2.05) is 18.2 Å². The van der Waals surface area contributed by atoms with Gasteiger partial charge in [0.2, 0.25) is 5.76 Å². The Morgan fingerprint density at radius 2 is 2.20 bits per heavy atom. The van der Waals surface area contributed by atoms with E-state index in [9.17, 15) is 4.79 Å². The van der Waals surface area contributed by atoms with Gasteiger partial charge in [-0.1, -0.05) is 0 Å². The summed E-state index contributed by atoms with van der Waals surface area (Å²) in [4.78, 5) is 10.9. The van der Waals surface area contributed by atoms with Gasteiger partial charge in [-0.05, 0) is 47.1 Å². The van der Waals surface area contributed by atoms with Crippen LogP contribution in [-0.4, -0.2) is 18.2 Å². The topological polar surface area (TPSA) is 71.7 Å². The molecule has 106 valence electrons. The van der Waals surface area contributed by atoms with Gasteiger partial charge in [-0.25, -0.2) is 4.79 Å². The molecule has 1 heterocycles. The number of ether oxygens (including phenoxy) is 1. The summed E-state index contributed by atoms with van der Waals surface area (Å²) in [6, 6.07) is 7.31. The number of carboxylic acid groups (broad SMARTS) is 1. The number of benzene rings is 1. The van der Waals surface area contributed by atoms with Gasteiger partial charge < -0.3 is 19.6 Å². The fraction of sp³-hybridized carbons (Fsp3) is 0.214. The van der Waals surface area contributed by atoms with Gasteiger partial charge in [0.25, 0.3) is 0 Å². The molecule has 5 nitrogen and oxygen atoms in total. The molecule has 0 spiro atoms. The lowest BCUT2D eigenvalue weighted by Crippen LogP contribution is -1.99. The number of furan rings is 1. The predicted molar refractivity (Wildman–Crippen MR) is 78.4 cm³/mol. The highest BCUT2D eigenvalue weighted by atomic mass is 79.9. The van der Waals surface area contributed by atoms with Crippen LogP contribution in [0.2, 0.25) is 0 Å². The molecule has 0 aliphatic rings. The summed E-state index contributed by atoms with van der Waals surface area (Å²) in [5.74, 6) is 0.253. The van der Waals surface area contributed by atoms with Crippen LogP contribution in [0, 0.1) is 6.92 Å². The smallest absolute Gasteiger partial charge is 0.372 e. The van der Waals surface area contributed by atoms with Crippen molar-refractivity contribution in [3.8, 4) is 5.75 Å². The molecule has 1 aromatic carbocycles. The number of anilines is 1. The van der Waals surface area contributed by atoms with Crippen molar-refractivity contribution in [3.05, 3.63) is 45.8 Å². The monoisotopic (exact) mass is 339 g/mol. The minimum atomic E-state index is -1.05. The van der Waals surface area contributed by atoms with Crippen molar-refractivity contribution in [2.45, 2.75) is 13.5 Å². The van der Waals surface area contributed by atoms with Crippen molar-refractivity contribution in [3.63, 3.8) is 0 Å². The molecule has 0 aliphatic heterocycles. The SMILES string of the molecule is COc1ccc(NCc2cc(C)c(C(=O)O)o2)cc1Br. The van der Waals surface area contributed by atoms with E-state index in [0.29, 0.717) is 17.9 Å². The summed E-state index contributed by atoms with van der Waals surface area (Å²) in [7, 11) is 1.60. The van der Waals surface area contributed by atoms with Gasteiger partial charge in [0.15, 0.2) is 0 Å². The largest absolute Gasteiger partial charge is 0.496 e. The van der Waals surface area contributed by atoms with Crippen LogP contribution in [0.15, 0.2) is 33.2 Å². The number of methoxy groups -OCH3 is 1. The average molecular weight is 340 g/mol. The van der Waals surface area contributed by atoms with Gasteiger partial charge in [0.05, 0.1) is 18.1 Å². The molecule has 6 heteroatoms. The summed E-state index contributed by atoms with van der Waals surface area (Å²) in [5, 5.41) is 12.1. The molecule has 2 N–H and O–H groups in total. The molecule has 2 aromatic rings. The number of nitrogens with one attached hydrogen (secondary N) is 1. The molecule has 0 saturated carbocycles. The molecule has 0 aliphatic carbocycles. The number of hydrogen-bond donors (Lipinski definition) is 2. The minimum Gasteiger partial charge on any atom is -0.496 e. The van der Waals surface area contributed by atoms with E-state index in [0.717, 1.165) is 15.9 Å². The second-order valence-corrected chi connectivity index (χ2v) is 5.09. The lowest BCUT2D eigenvalue weighted by molar-refractivity contribution is 0.0659. The first-order valence-corrected chi connectivity index (χ1v) is 6.70. The van der Waals surface area contributed by atoms with Crippen molar-refractivity contribution >= 4 is 27.6 Å². The van der Waals surface area contributed by atoms with Gasteiger partial charge >= 0.3 is 5.97 Å². The Hall–Kier alpha value is -1.95. The normalized spacial score (nSPS) is 10.3. The molecule has 0 fully saturated rings. The maximum absolute atomic E-state index is 10.9. The van der Waals surface area contributed by atoms with E-state index in [-0.39, 0.29) is 5.76 Å². The fourth-order valence-electron chi connectivity index (χ4n) is 1.81. The van der Waals surface area contributed by atoms with Crippen LogP contribution in [0.1, 0.15) is 21.9 Å². The first kappa shape index (κ1) is 14.5. The Labute approximate surface area is 124 Å². The molecule has 0 radical (unpaired) electrons. The lowest BCUT2D eigenvalue weighted by atomic mass is 10.2. The van der Waals surface area contributed by atoms with E-state index in [2.05, 4.69) is 21.2 Å². The Morgan fingerprint density at radius 3 is 2.75 bits per heavy atom. The quantitative estimate of drug-likeness (QED) is 0.869. The van der Waals surface area contributed by atoms with Gasteiger partial charge in [0, 0.05) is 11.3 Å². The molecule has 1 aromatic heterocycles. The maximum Gasteiger partial charge on any atom is 0.372 e. The maximum atomic E-state index is 10.9. The van der Waals surface area contributed by atoms with Crippen LogP contribution >= 0.6 is 15.9 Å². The van der Waals surface area contributed by atoms with Gasteiger partial charge in [-0.2, -0.15) is 0 Å². The molecule has 0 bridgehead atoms. The first-order valence-electron chi connectivity index (χ1n) is 5.91. The second-order valence-electron chi connectivity index (χ2n) is 4.23. The molecule has 0 atom stereocenters. The summed E-state index contributed by atoms with van der Waals surface area (Å²) >= 11 is 3.40. The third kappa shape index (κ3) is 3.14. The van der Waals surface area contributed by atoms with E-state index in [4.69, 9.17) is 14.3 Å². The van der Waals surface area contributed by atoms with Crippen LogP contribution in [0.5, 0.6) is 5.75 Å². The molecule has 0 saturated heterocycles. The molecular weight excluding hydrogens is 326 g/mol. The first-order chi connectivity index (χ1) is 9.51. The summed E-state index contributed by atoms with van der Waals surface area (Å²) < 4.78 is 11.3. The van der Waals surface area contributed by atoms with Crippen molar-refractivity contribution in [2.24, 2.45) is 0 Å². The van der Waals surface area contributed by atoms with E-state index < -0.39 is 5.97 Å². The zero-order chi connectivity index (χ0) is 14.7. The standard InChI is InChI=1S/C14H14BrNO4/c1-8-5-10(20-13(8)14(17)18)7-16-9-3-4-12(19-2)11(15)6-9/h3-6,16H,7H2,1-2H3,(H,17,18). The number of rotatable bonds is 5. The Bertz CT molecular complexity index is 636. The Kier molecular flexibility index (Phi) is 4.34. The van der Waals surface area contributed by atoms with Crippen LogP contribution in [0.3, 0.4) is 0 Å². The van der Waals surface area contributed by atoms with Gasteiger partial charge in [-0.15, -0.1) is 0 Å². The third-order valence-electron chi connectivity index (χ3n) is 2.78. The van der Waals surface area contributed by atoms with Crippen molar-refractivity contribution in [1.82, 2.24) is 0 Å². The number of carboxylic acids is 1. The highest BCUT2D eigenvalue weighted by Crippen LogP contribution is 2.28. The molecule has 0 unspecified atom stereocenters. The molecular formula is C14H14BrNO4. The molecule has 20 heavy (non-hydrogen) atoms. The van der Waals surface area contributed by atoms with Gasteiger partial charge in [0.1, 0.15) is 11.5 Å². The van der Waals surface area contributed by atoms with Crippen LogP contribution < -0.4 is 10.1 Å². The van der Waals surface area contributed by atoms with Gasteiger partial charge in [-0.3, -0.25) is 0 Å².